The molecule has 0 aliphatic carbocycles. The maximum absolute atomic E-state index is 10.8. The van der Waals surface area contributed by atoms with Gasteiger partial charge in [0.1, 0.15) is 6.79 Å². The first-order valence-corrected chi connectivity index (χ1v) is 2.19. The number of hydrogen-bond donors (Lipinski definition) is 1. The molecule has 6 heteroatoms. The van der Waals surface area contributed by atoms with E-state index in [0.29, 0.717) is 0 Å². The molecule has 0 unspecified atom stereocenters. The Morgan fingerprint density at radius 1 is 1.60 bits per heavy atom. The first kappa shape index (κ1) is 12.0. The summed E-state index contributed by atoms with van der Waals surface area (Å²) in [5, 5.41) is 0. The molecule has 0 saturated carbocycles. The Balaban J connectivity index is 0. The predicted molar refractivity (Wildman–Crippen MR) is 30.1 cm³/mol. The van der Waals surface area contributed by atoms with E-state index in [1.807, 2.05) is 0 Å². The topological polar surface area (TPSA) is 79.8 Å². The summed E-state index contributed by atoms with van der Waals surface area (Å²) in [5.74, 6) is -1.06. The molecule has 0 atom stereocenters. The minimum Gasteiger partial charge on any atom is -0.359 e. The van der Waals surface area contributed by atoms with Gasteiger partial charge in [0.25, 0.3) is 0 Å². The van der Waals surface area contributed by atoms with Crippen LogP contribution in [-0.2, 0) is 19.2 Å². The number of halogens is 1. The van der Waals surface area contributed by atoms with Gasteiger partial charge in [-0.3, -0.25) is 4.94 Å². The smallest absolute Gasteiger partial charge is 0.359 e. The second-order valence-corrected chi connectivity index (χ2v) is 1.20. The summed E-state index contributed by atoms with van der Waals surface area (Å²) in [5.41, 5.74) is 0. The molecule has 5 nitrogen and oxygen atoms in total. The van der Waals surface area contributed by atoms with Crippen LogP contribution < -0.4 is 6.15 Å². The Bertz CT molecular complexity index is 89.3. The van der Waals surface area contributed by atoms with Crippen LogP contribution in [0.5, 0.6) is 0 Å². The Hall–Kier alpha value is -0.720. The van der Waals surface area contributed by atoms with E-state index >= 15 is 0 Å². The van der Waals surface area contributed by atoms with E-state index in [1.165, 1.54) is 7.11 Å². The number of hydrogen-bond acceptors (Lipinski definition) is 5. The summed E-state index contributed by atoms with van der Waals surface area (Å²) in [6.45, 7) is -0.473. The number of rotatable bonds is 4. The number of carbonyl (C=O) groups is 1. The summed E-state index contributed by atoms with van der Waals surface area (Å²) < 4.78 is 19.6. The lowest BCUT2D eigenvalue weighted by Gasteiger charge is -1.96. The lowest BCUT2D eigenvalue weighted by molar-refractivity contribution is -0.192. The van der Waals surface area contributed by atoms with E-state index in [0.717, 1.165) is 0 Å². The highest BCUT2D eigenvalue weighted by atomic mass is 19.3. The number of carbonyl (C=O) groups excluding carboxylic acids is 1. The molecule has 0 spiro atoms. The summed E-state index contributed by atoms with van der Waals surface area (Å²) in [4.78, 5) is 12.7. The largest absolute Gasteiger partial charge is 0.374 e. The van der Waals surface area contributed by atoms with Gasteiger partial charge in [0.05, 0.1) is 0 Å². The van der Waals surface area contributed by atoms with Gasteiger partial charge in [-0.15, -0.1) is 0 Å². The van der Waals surface area contributed by atoms with Gasteiger partial charge < -0.3 is 15.6 Å². The quantitative estimate of drug-likeness (QED) is 0.463. The van der Waals surface area contributed by atoms with Gasteiger partial charge >= 0.3 is 5.97 Å². The van der Waals surface area contributed by atoms with Crippen molar-refractivity contribution in [1.29, 1.82) is 0 Å². The molecule has 0 rings (SSSR count). The zero-order chi connectivity index (χ0) is 7.11. The van der Waals surface area contributed by atoms with Crippen molar-refractivity contribution in [2.24, 2.45) is 0 Å². The molecule has 0 aromatic carbocycles. The zero-order valence-corrected chi connectivity index (χ0v) is 5.63. The minimum absolute atomic E-state index is 0. The van der Waals surface area contributed by atoms with Crippen molar-refractivity contribution < 1.29 is 23.7 Å². The fraction of sp³-hybridized carbons (Fsp3) is 0.750. The van der Waals surface area contributed by atoms with Gasteiger partial charge in [0, 0.05) is 11.6 Å². The third-order valence-corrected chi connectivity index (χ3v) is 0.507. The van der Waals surface area contributed by atoms with E-state index in [1.54, 1.807) is 0 Å². The van der Waals surface area contributed by atoms with Crippen molar-refractivity contribution in [3.63, 3.8) is 0 Å². The van der Waals surface area contributed by atoms with Crippen LogP contribution in [0.15, 0.2) is 0 Å². The van der Waals surface area contributed by atoms with E-state index in [9.17, 15) is 9.32 Å². The average Bonchev–Trinajstić information content (AvgIpc) is 1.89. The number of ether oxygens (including phenoxy) is 2. The highest BCUT2D eigenvalue weighted by Crippen LogP contribution is 1.80. The van der Waals surface area contributed by atoms with Crippen LogP contribution in [0, 0.1) is 0 Å². The summed E-state index contributed by atoms with van der Waals surface area (Å²) >= 11 is 0. The molecule has 0 heterocycles. The lowest BCUT2D eigenvalue weighted by atomic mass is 10.7. The van der Waals surface area contributed by atoms with Crippen LogP contribution in [0.3, 0.4) is 0 Å². The summed E-state index contributed by atoms with van der Waals surface area (Å²) in [6.07, 6.45) is 0. The van der Waals surface area contributed by atoms with Gasteiger partial charge in [-0.25, -0.2) is 4.79 Å². The molecule has 0 radical (unpaired) electrons. The van der Waals surface area contributed by atoms with Crippen molar-refractivity contribution >= 4 is 5.97 Å². The SMILES string of the molecule is COCOCC(=O)OF.N. The highest BCUT2D eigenvalue weighted by molar-refractivity contribution is 5.69. The van der Waals surface area contributed by atoms with Crippen LogP contribution >= 0.6 is 0 Å². The molecule has 0 aromatic heterocycles. The molecule has 0 aliphatic rings. The fourth-order valence-electron chi connectivity index (χ4n) is 0.231. The van der Waals surface area contributed by atoms with Crippen LogP contribution in [0.2, 0.25) is 0 Å². The van der Waals surface area contributed by atoms with Gasteiger partial charge in [0.2, 0.25) is 0 Å². The summed E-state index contributed by atoms with van der Waals surface area (Å²) in [7, 11) is 1.39. The average molecular weight is 155 g/mol. The van der Waals surface area contributed by atoms with Gasteiger partial charge in [-0.05, 0) is 0 Å². The van der Waals surface area contributed by atoms with Gasteiger partial charge in [-0.2, -0.15) is 0 Å². The van der Waals surface area contributed by atoms with Crippen LogP contribution in [0.1, 0.15) is 0 Å². The van der Waals surface area contributed by atoms with Crippen LogP contribution in [0.25, 0.3) is 0 Å². The van der Waals surface area contributed by atoms with Crippen molar-refractivity contribution in [1.82, 2.24) is 6.15 Å². The molecular weight excluding hydrogens is 145 g/mol. The Kier molecular flexibility index (Phi) is 9.94. The molecule has 3 N–H and O–H groups in total. The second kappa shape index (κ2) is 8.28. The predicted octanol–water partition coefficient (Wildman–Crippen LogP) is 0.197. The van der Waals surface area contributed by atoms with E-state index < -0.39 is 12.6 Å². The fourth-order valence-corrected chi connectivity index (χ4v) is 0.231. The third kappa shape index (κ3) is 7.28. The van der Waals surface area contributed by atoms with Gasteiger partial charge in [0.15, 0.2) is 6.61 Å². The third-order valence-electron chi connectivity index (χ3n) is 0.507. The Labute approximate surface area is 57.5 Å². The van der Waals surface area contributed by atoms with Crippen LogP contribution in [-0.4, -0.2) is 26.5 Å². The van der Waals surface area contributed by atoms with Crippen molar-refractivity contribution in [2.75, 3.05) is 20.5 Å². The molecule has 0 amide bonds. The molecule has 62 valence electrons. The number of methoxy groups -OCH3 is 1. The lowest BCUT2D eigenvalue weighted by Crippen LogP contribution is -2.09. The standard InChI is InChI=1S/C4H7FO4.H3N/c1-7-3-8-2-4(6)9-5;/h2-3H2,1H3;1H3. The highest BCUT2D eigenvalue weighted by Gasteiger charge is 2.00. The molecule has 0 fully saturated rings. The normalized spacial score (nSPS) is 8.20. The maximum Gasteiger partial charge on any atom is 0.374 e. The van der Waals surface area contributed by atoms with Crippen molar-refractivity contribution in [3.8, 4) is 0 Å². The monoisotopic (exact) mass is 155 g/mol. The van der Waals surface area contributed by atoms with Crippen LogP contribution in [0.4, 0.5) is 4.53 Å². The van der Waals surface area contributed by atoms with E-state index in [4.69, 9.17) is 0 Å². The first-order chi connectivity index (χ1) is 4.31. The molecule has 0 aromatic rings. The zero-order valence-electron chi connectivity index (χ0n) is 5.63. The molecule has 0 bridgehead atoms. The first-order valence-electron chi connectivity index (χ1n) is 2.19. The second-order valence-electron chi connectivity index (χ2n) is 1.20. The molecule has 0 saturated heterocycles. The van der Waals surface area contributed by atoms with Crippen molar-refractivity contribution in [2.45, 2.75) is 0 Å². The summed E-state index contributed by atoms with van der Waals surface area (Å²) in [6, 6.07) is 0. The molecule has 10 heavy (non-hydrogen) atoms. The molecular formula is C4H10FNO4. The minimum atomic E-state index is -1.06. The Morgan fingerprint density at radius 3 is 2.60 bits per heavy atom. The van der Waals surface area contributed by atoms with E-state index in [-0.39, 0.29) is 12.9 Å². The van der Waals surface area contributed by atoms with Gasteiger partial charge in [-0.1, -0.05) is 0 Å². The van der Waals surface area contributed by atoms with E-state index in [2.05, 4.69) is 14.4 Å². The van der Waals surface area contributed by atoms with Crippen molar-refractivity contribution in [3.05, 3.63) is 0 Å². The molecule has 0 aliphatic heterocycles. The Morgan fingerprint density at radius 2 is 2.20 bits per heavy atom. The maximum atomic E-state index is 10.8.